The monoisotopic (exact) mass is 355 g/mol. The number of ether oxygens (including phenoxy) is 1. The van der Waals surface area contributed by atoms with E-state index in [4.69, 9.17) is 9.15 Å². The lowest BCUT2D eigenvalue weighted by molar-refractivity contribution is -0.121. The van der Waals surface area contributed by atoms with Gasteiger partial charge in [0.2, 0.25) is 5.91 Å². The highest BCUT2D eigenvalue weighted by Gasteiger charge is 2.18. The average molecular weight is 355 g/mol. The Morgan fingerprint density at radius 2 is 2.15 bits per heavy atom. The van der Waals surface area contributed by atoms with Crippen molar-refractivity contribution in [2.24, 2.45) is 7.05 Å². The van der Waals surface area contributed by atoms with Crippen molar-refractivity contribution in [2.45, 2.75) is 40.2 Å². The predicted molar refractivity (Wildman–Crippen MR) is 100 cm³/mol. The van der Waals surface area contributed by atoms with Crippen molar-refractivity contribution < 1.29 is 13.9 Å². The molecule has 6 nitrogen and oxygen atoms in total. The molecule has 0 radical (unpaired) electrons. The molecule has 3 aromatic rings. The highest BCUT2D eigenvalue weighted by molar-refractivity contribution is 5.84. The highest BCUT2D eigenvalue weighted by atomic mass is 16.5. The second-order valence-corrected chi connectivity index (χ2v) is 6.50. The highest BCUT2D eigenvalue weighted by Crippen LogP contribution is 2.31. The number of fused-ring (bicyclic) bond motifs is 1. The third-order valence-electron chi connectivity index (χ3n) is 4.63. The summed E-state index contributed by atoms with van der Waals surface area (Å²) in [6.45, 7) is 8.33. The summed E-state index contributed by atoms with van der Waals surface area (Å²) in [5.74, 6) is 1.37. The number of nitrogens with one attached hydrogen (secondary N) is 1. The van der Waals surface area contributed by atoms with Crippen molar-refractivity contribution in [3.63, 3.8) is 0 Å². The molecule has 0 aliphatic carbocycles. The Hall–Kier alpha value is -2.76. The van der Waals surface area contributed by atoms with Gasteiger partial charge in [-0.25, -0.2) is 0 Å². The Kier molecular flexibility index (Phi) is 5.02. The first-order chi connectivity index (χ1) is 12.4. The molecule has 0 spiro atoms. The van der Waals surface area contributed by atoms with E-state index in [1.807, 2.05) is 59.0 Å². The van der Waals surface area contributed by atoms with Crippen LogP contribution in [0.15, 0.2) is 28.7 Å². The number of carbonyl (C=O) groups is 1. The summed E-state index contributed by atoms with van der Waals surface area (Å²) in [7, 11) is 1.89. The third-order valence-corrected chi connectivity index (χ3v) is 4.63. The van der Waals surface area contributed by atoms with Crippen LogP contribution in [0.5, 0.6) is 5.75 Å². The van der Waals surface area contributed by atoms with E-state index in [1.165, 1.54) is 0 Å². The summed E-state index contributed by atoms with van der Waals surface area (Å²) in [6, 6.07) is 7.51. The van der Waals surface area contributed by atoms with E-state index in [2.05, 4.69) is 10.4 Å². The van der Waals surface area contributed by atoms with E-state index >= 15 is 0 Å². The van der Waals surface area contributed by atoms with E-state index in [1.54, 1.807) is 4.68 Å². The lowest BCUT2D eigenvalue weighted by Gasteiger charge is -2.11. The van der Waals surface area contributed by atoms with Crippen LogP contribution in [0.1, 0.15) is 42.6 Å². The van der Waals surface area contributed by atoms with Crippen LogP contribution in [-0.4, -0.2) is 22.3 Å². The van der Waals surface area contributed by atoms with Crippen molar-refractivity contribution in [3.05, 3.63) is 47.0 Å². The van der Waals surface area contributed by atoms with E-state index in [0.29, 0.717) is 24.4 Å². The molecule has 1 unspecified atom stereocenters. The van der Waals surface area contributed by atoms with Gasteiger partial charge >= 0.3 is 0 Å². The van der Waals surface area contributed by atoms with Gasteiger partial charge in [-0.15, -0.1) is 0 Å². The average Bonchev–Trinajstić information content (AvgIpc) is 3.13. The topological polar surface area (TPSA) is 69.3 Å². The van der Waals surface area contributed by atoms with E-state index in [0.717, 1.165) is 28.1 Å². The Balaban J connectivity index is 1.75. The van der Waals surface area contributed by atoms with Crippen molar-refractivity contribution in [3.8, 4) is 5.75 Å². The number of aromatic nitrogens is 2. The van der Waals surface area contributed by atoms with Crippen LogP contribution < -0.4 is 10.1 Å². The van der Waals surface area contributed by atoms with Gasteiger partial charge in [-0.05, 0) is 39.8 Å². The third kappa shape index (κ3) is 3.45. The number of hydrogen-bond acceptors (Lipinski definition) is 4. The largest absolute Gasteiger partial charge is 0.490 e. The van der Waals surface area contributed by atoms with Gasteiger partial charge in [0.15, 0.2) is 11.3 Å². The molecule has 6 heteroatoms. The van der Waals surface area contributed by atoms with Crippen molar-refractivity contribution in [2.75, 3.05) is 6.61 Å². The Morgan fingerprint density at radius 1 is 1.38 bits per heavy atom. The fourth-order valence-corrected chi connectivity index (χ4v) is 3.14. The van der Waals surface area contributed by atoms with Crippen LogP contribution in [0.25, 0.3) is 11.0 Å². The summed E-state index contributed by atoms with van der Waals surface area (Å²) in [6.07, 6.45) is 0.306. The van der Waals surface area contributed by atoms with Crippen molar-refractivity contribution in [1.29, 1.82) is 0 Å². The molecular formula is C20H25N3O3. The van der Waals surface area contributed by atoms with E-state index in [-0.39, 0.29) is 11.9 Å². The van der Waals surface area contributed by atoms with Gasteiger partial charge in [-0.3, -0.25) is 9.48 Å². The maximum Gasteiger partial charge on any atom is 0.225 e. The van der Waals surface area contributed by atoms with Crippen LogP contribution in [0.3, 0.4) is 0 Å². The van der Waals surface area contributed by atoms with Gasteiger partial charge in [-0.1, -0.05) is 12.1 Å². The molecule has 0 saturated heterocycles. The number of carbonyl (C=O) groups excluding carboxylic acids is 1. The second kappa shape index (κ2) is 7.23. The predicted octanol–water partition coefficient (Wildman–Crippen LogP) is 3.60. The lowest BCUT2D eigenvalue weighted by atomic mass is 10.1. The molecule has 0 saturated carbocycles. The Morgan fingerprint density at radius 3 is 2.81 bits per heavy atom. The number of para-hydroxylation sites is 1. The van der Waals surface area contributed by atoms with Crippen LogP contribution >= 0.6 is 0 Å². The molecule has 1 N–H and O–H groups in total. The lowest BCUT2D eigenvalue weighted by Crippen LogP contribution is -2.28. The minimum Gasteiger partial charge on any atom is -0.490 e. The number of nitrogens with zero attached hydrogens (tertiary/aromatic N) is 2. The SMILES string of the molecule is CCOc1cccc2cc(C(C)NC(=O)Cc3c(C)nn(C)c3C)oc12. The zero-order chi connectivity index (χ0) is 18.8. The van der Waals surface area contributed by atoms with Gasteiger partial charge in [0.05, 0.1) is 24.8 Å². The number of aryl methyl sites for hydroxylation is 2. The number of amides is 1. The van der Waals surface area contributed by atoms with Gasteiger partial charge in [0.25, 0.3) is 0 Å². The number of rotatable bonds is 6. The number of furan rings is 1. The Labute approximate surface area is 153 Å². The summed E-state index contributed by atoms with van der Waals surface area (Å²) in [4.78, 5) is 12.5. The Bertz CT molecular complexity index is 939. The molecule has 3 rings (SSSR count). The molecule has 1 amide bonds. The molecule has 0 aliphatic rings. The number of benzene rings is 1. The zero-order valence-electron chi connectivity index (χ0n) is 15.9. The molecule has 1 atom stereocenters. The first kappa shape index (κ1) is 18.0. The van der Waals surface area contributed by atoms with Gasteiger partial charge < -0.3 is 14.5 Å². The van der Waals surface area contributed by atoms with Crippen LogP contribution in [0.4, 0.5) is 0 Å². The van der Waals surface area contributed by atoms with Gasteiger partial charge in [0, 0.05) is 23.7 Å². The van der Waals surface area contributed by atoms with Crippen LogP contribution in [0.2, 0.25) is 0 Å². The molecule has 138 valence electrons. The summed E-state index contributed by atoms with van der Waals surface area (Å²) in [5, 5.41) is 8.34. The summed E-state index contributed by atoms with van der Waals surface area (Å²) < 4.78 is 13.4. The number of hydrogen-bond donors (Lipinski definition) is 1. The van der Waals surface area contributed by atoms with E-state index in [9.17, 15) is 4.79 Å². The van der Waals surface area contributed by atoms with E-state index < -0.39 is 0 Å². The fourth-order valence-electron chi connectivity index (χ4n) is 3.14. The standard InChI is InChI=1S/C20H25N3O3/c1-6-25-17-9-7-8-15-10-18(26-20(15)17)13(3)21-19(24)11-16-12(2)22-23(5)14(16)4/h7-10,13H,6,11H2,1-5H3,(H,21,24). The molecule has 0 aliphatic heterocycles. The normalized spacial score (nSPS) is 12.3. The molecule has 0 fully saturated rings. The molecule has 2 heterocycles. The zero-order valence-corrected chi connectivity index (χ0v) is 15.9. The van der Waals surface area contributed by atoms with Crippen LogP contribution in [-0.2, 0) is 18.3 Å². The van der Waals surface area contributed by atoms with Crippen molar-refractivity contribution >= 4 is 16.9 Å². The first-order valence-electron chi connectivity index (χ1n) is 8.84. The van der Waals surface area contributed by atoms with Gasteiger partial charge in [0.1, 0.15) is 5.76 Å². The maximum absolute atomic E-state index is 12.5. The first-order valence-corrected chi connectivity index (χ1v) is 8.84. The molecule has 0 bridgehead atoms. The summed E-state index contributed by atoms with van der Waals surface area (Å²) in [5.41, 5.74) is 3.58. The smallest absolute Gasteiger partial charge is 0.225 e. The quantitative estimate of drug-likeness (QED) is 0.733. The van der Waals surface area contributed by atoms with Gasteiger partial charge in [-0.2, -0.15) is 5.10 Å². The molecule has 2 aromatic heterocycles. The minimum atomic E-state index is -0.235. The molecule has 26 heavy (non-hydrogen) atoms. The molecular weight excluding hydrogens is 330 g/mol. The summed E-state index contributed by atoms with van der Waals surface area (Å²) >= 11 is 0. The molecule has 1 aromatic carbocycles. The maximum atomic E-state index is 12.5. The second-order valence-electron chi connectivity index (χ2n) is 6.50. The minimum absolute atomic E-state index is 0.0535. The fraction of sp³-hybridized carbons (Fsp3) is 0.400. The van der Waals surface area contributed by atoms with Crippen molar-refractivity contribution in [1.82, 2.24) is 15.1 Å². The van der Waals surface area contributed by atoms with Crippen LogP contribution in [0, 0.1) is 13.8 Å².